The van der Waals surface area contributed by atoms with Gasteiger partial charge in [-0.25, -0.2) is 10.4 Å². The molecule has 0 bridgehead atoms. The molecule has 0 saturated heterocycles. The third-order valence-corrected chi connectivity index (χ3v) is 6.67. The molecule has 0 unspecified atom stereocenters. The Bertz CT molecular complexity index is 1320. The summed E-state index contributed by atoms with van der Waals surface area (Å²) in [4.78, 5) is 28.1. The van der Waals surface area contributed by atoms with Crippen molar-refractivity contribution >= 4 is 51.1 Å². The largest absolute Gasteiger partial charge is 0.483 e. The molecule has 3 aromatic carbocycles. The smallest absolute Gasteiger partial charge is 0.283 e. The summed E-state index contributed by atoms with van der Waals surface area (Å²) in [7, 11) is 0. The van der Waals surface area contributed by atoms with Crippen LogP contribution in [0.25, 0.3) is 10.2 Å². The summed E-state index contributed by atoms with van der Waals surface area (Å²) in [5, 5.41) is 15.5. The van der Waals surface area contributed by atoms with Gasteiger partial charge in [0.25, 0.3) is 11.6 Å². The van der Waals surface area contributed by atoms with Gasteiger partial charge in [0.1, 0.15) is 5.75 Å². The summed E-state index contributed by atoms with van der Waals surface area (Å²) < 4.78 is 7.21. The number of rotatable bonds is 8. The van der Waals surface area contributed by atoms with Gasteiger partial charge in [0.15, 0.2) is 10.9 Å². The summed E-state index contributed by atoms with van der Waals surface area (Å²) in [6, 6.07) is 19.8. The molecular formula is C23H18N4O4S2. The summed E-state index contributed by atoms with van der Waals surface area (Å²) in [6.07, 6.45) is 1.35. The first-order valence-corrected chi connectivity index (χ1v) is 11.4. The highest BCUT2D eigenvalue weighted by atomic mass is 32.2. The van der Waals surface area contributed by atoms with Crippen LogP contribution in [0.3, 0.4) is 0 Å². The number of ether oxygens (including phenoxy) is 1. The lowest BCUT2D eigenvalue weighted by Gasteiger charge is -2.07. The second-order valence-corrected chi connectivity index (χ2v) is 9.20. The van der Waals surface area contributed by atoms with Crippen LogP contribution in [0.2, 0.25) is 0 Å². The van der Waals surface area contributed by atoms with E-state index in [1.165, 1.54) is 35.4 Å². The maximum absolute atomic E-state index is 12.0. The summed E-state index contributed by atoms with van der Waals surface area (Å²) in [6.45, 7) is 1.69. The van der Waals surface area contributed by atoms with E-state index in [4.69, 9.17) is 4.74 Å². The zero-order valence-electron chi connectivity index (χ0n) is 17.4. The molecular weight excluding hydrogens is 460 g/mol. The third kappa shape index (κ3) is 5.73. The number of fused-ring (bicyclic) bond motifs is 1. The molecule has 0 saturated carbocycles. The molecule has 4 rings (SSSR count). The van der Waals surface area contributed by atoms with Crippen molar-refractivity contribution in [1.29, 1.82) is 0 Å². The number of nitro groups is 1. The van der Waals surface area contributed by atoms with Crippen molar-refractivity contribution in [3.05, 3.63) is 88.0 Å². The number of amides is 1. The Labute approximate surface area is 197 Å². The fraction of sp³-hybridized carbons (Fsp3) is 0.0870. The van der Waals surface area contributed by atoms with E-state index in [0.717, 1.165) is 20.1 Å². The van der Waals surface area contributed by atoms with Crippen molar-refractivity contribution in [3.8, 4) is 5.75 Å². The lowest BCUT2D eigenvalue weighted by Crippen LogP contribution is -2.24. The molecule has 0 fully saturated rings. The molecule has 0 aliphatic rings. The maximum Gasteiger partial charge on any atom is 0.283 e. The summed E-state index contributed by atoms with van der Waals surface area (Å²) >= 11 is 2.73. The Morgan fingerprint density at radius 2 is 2.00 bits per heavy atom. The van der Waals surface area contributed by atoms with Crippen molar-refractivity contribution in [2.24, 2.45) is 5.10 Å². The molecule has 0 aliphatic heterocycles. The molecule has 0 spiro atoms. The van der Waals surface area contributed by atoms with E-state index >= 15 is 0 Å². The molecule has 1 N–H and O–H groups in total. The Kier molecular flexibility index (Phi) is 6.96. The molecule has 0 radical (unpaired) electrons. The lowest BCUT2D eigenvalue weighted by atomic mass is 10.2. The first-order valence-electron chi connectivity index (χ1n) is 9.82. The first-order chi connectivity index (χ1) is 16.0. The predicted octanol–water partition coefficient (Wildman–Crippen LogP) is 5.19. The van der Waals surface area contributed by atoms with Crippen LogP contribution in [0.4, 0.5) is 5.69 Å². The van der Waals surface area contributed by atoms with Crippen molar-refractivity contribution in [2.45, 2.75) is 16.2 Å². The average molecular weight is 479 g/mol. The number of nitro benzene ring substituents is 1. The number of aromatic nitrogens is 1. The molecule has 1 amide bonds. The molecule has 0 atom stereocenters. The van der Waals surface area contributed by atoms with E-state index in [2.05, 4.69) is 15.5 Å². The molecule has 10 heteroatoms. The van der Waals surface area contributed by atoms with E-state index < -0.39 is 10.8 Å². The highest BCUT2D eigenvalue weighted by molar-refractivity contribution is 8.01. The normalized spacial score (nSPS) is 11.1. The number of nitrogens with zero attached hydrogens (tertiary/aromatic N) is 3. The van der Waals surface area contributed by atoms with Crippen LogP contribution >= 0.6 is 23.1 Å². The SMILES string of the molecule is Cc1ccccc1OCC(=O)N/N=C\c1ccc(Sc2nc3ccccc3s2)c([N+](=O)[O-])c1. The van der Waals surface area contributed by atoms with Gasteiger partial charge in [0.2, 0.25) is 0 Å². The van der Waals surface area contributed by atoms with Crippen LogP contribution in [-0.2, 0) is 4.79 Å². The van der Waals surface area contributed by atoms with E-state index in [-0.39, 0.29) is 12.3 Å². The number of para-hydroxylation sites is 2. The number of benzene rings is 3. The number of hydrogen-bond donors (Lipinski definition) is 1. The minimum Gasteiger partial charge on any atom is -0.483 e. The highest BCUT2D eigenvalue weighted by Crippen LogP contribution is 2.38. The van der Waals surface area contributed by atoms with Gasteiger partial charge in [-0.2, -0.15) is 5.10 Å². The number of aryl methyl sites for hydroxylation is 1. The lowest BCUT2D eigenvalue weighted by molar-refractivity contribution is -0.387. The zero-order valence-corrected chi connectivity index (χ0v) is 19.1. The monoisotopic (exact) mass is 478 g/mol. The van der Waals surface area contributed by atoms with Crippen molar-refractivity contribution < 1.29 is 14.5 Å². The molecule has 1 heterocycles. The van der Waals surface area contributed by atoms with Gasteiger partial charge in [0.05, 0.1) is 26.3 Å². The van der Waals surface area contributed by atoms with Gasteiger partial charge in [0, 0.05) is 11.6 Å². The fourth-order valence-electron chi connectivity index (χ4n) is 2.91. The van der Waals surface area contributed by atoms with E-state index in [1.807, 2.05) is 49.4 Å². The van der Waals surface area contributed by atoms with Gasteiger partial charge in [-0.15, -0.1) is 11.3 Å². The molecule has 33 heavy (non-hydrogen) atoms. The van der Waals surface area contributed by atoms with Gasteiger partial charge >= 0.3 is 0 Å². The Morgan fingerprint density at radius 1 is 1.21 bits per heavy atom. The number of hydrogen-bond acceptors (Lipinski definition) is 8. The zero-order chi connectivity index (χ0) is 23.2. The van der Waals surface area contributed by atoms with Crippen molar-refractivity contribution in [3.63, 3.8) is 0 Å². The minimum absolute atomic E-state index is 0.0579. The van der Waals surface area contributed by atoms with Gasteiger partial charge in [-0.1, -0.05) is 48.2 Å². The number of hydrazone groups is 1. The van der Waals surface area contributed by atoms with Crippen LogP contribution in [0.5, 0.6) is 5.75 Å². The van der Waals surface area contributed by atoms with Crippen LogP contribution in [0.1, 0.15) is 11.1 Å². The summed E-state index contributed by atoms with van der Waals surface area (Å²) in [5.74, 6) is 0.181. The van der Waals surface area contributed by atoms with Gasteiger partial charge in [-0.05, 0) is 36.8 Å². The van der Waals surface area contributed by atoms with Crippen molar-refractivity contribution in [1.82, 2.24) is 10.4 Å². The van der Waals surface area contributed by atoms with Crippen LogP contribution in [0.15, 0.2) is 81.1 Å². The van der Waals surface area contributed by atoms with Crippen LogP contribution < -0.4 is 10.2 Å². The Morgan fingerprint density at radius 3 is 2.79 bits per heavy atom. The topological polar surface area (TPSA) is 107 Å². The first kappa shape index (κ1) is 22.4. The molecule has 0 aliphatic carbocycles. The second-order valence-electron chi connectivity index (χ2n) is 6.88. The van der Waals surface area contributed by atoms with E-state index in [9.17, 15) is 14.9 Å². The average Bonchev–Trinajstić information content (AvgIpc) is 3.21. The van der Waals surface area contributed by atoms with Crippen LogP contribution in [-0.4, -0.2) is 28.6 Å². The summed E-state index contributed by atoms with van der Waals surface area (Å²) in [5.41, 5.74) is 4.57. The fourth-order valence-corrected chi connectivity index (χ4v) is 5.01. The molecule has 1 aromatic heterocycles. The van der Waals surface area contributed by atoms with Gasteiger partial charge in [-0.3, -0.25) is 14.9 Å². The Hall–Kier alpha value is -3.76. The molecule has 8 nitrogen and oxygen atoms in total. The highest BCUT2D eigenvalue weighted by Gasteiger charge is 2.17. The van der Waals surface area contributed by atoms with Gasteiger partial charge < -0.3 is 4.74 Å². The number of carbonyl (C=O) groups excluding carboxylic acids is 1. The molecule has 166 valence electrons. The van der Waals surface area contributed by atoms with Crippen LogP contribution in [0, 0.1) is 17.0 Å². The second kappa shape index (κ2) is 10.2. The maximum atomic E-state index is 12.0. The minimum atomic E-state index is -0.443. The van der Waals surface area contributed by atoms with E-state index in [1.54, 1.807) is 18.2 Å². The number of carbonyl (C=O) groups is 1. The van der Waals surface area contributed by atoms with Crippen molar-refractivity contribution in [2.75, 3.05) is 6.61 Å². The molecule has 4 aromatic rings. The Balaban J connectivity index is 1.40. The van der Waals surface area contributed by atoms with E-state index in [0.29, 0.717) is 16.2 Å². The standard InChI is InChI=1S/C23H18N4O4S2/c1-15-6-2-4-8-19(15)31-14-22(28)26-24-13-16-10-11-21(18(12-16)27(29)30)33-23-25-17-7-3-5-9-20(17)32-23/h2-13H,14H2,1H3,(H,26,28)/b24-13-. The third-order valence-electron chi connectivity index (χ3n) is 4.51. The number of nitrogens with one attached hydrogen (secondary N) is 1. The number of thiazole rings is 1. The quantitative estimate of drug-likeness (QED) is 0.212. The predicted molar refractivity (Wildman–Crippen MR) is 129 cm³/mol.